The number of rotatable bonds is 4. The van der Waals surface area contributed by atoms with Crippen molar-refractivity contribution in [3.8, 4) is 0 Å². The fourth-order valence-electron chi connectivity index (χ4n) is 2.85. The van der Waals surface area contributed by atoms with E-state index >= 15 is 0 Å². The molecule has 104 valence electrons. The van der Waals surface area contributed by atoms with E-state index in [4.69, 9.17) is 5.73 Å². The summed E-state index contributed by atoms with van der Waals surface area (Å²) < 4.78 is 0. The molecule has 3 heteroatoms. The molecule has 1 saturated carbocycles. The highest BCUT2D eigenvalue weighted by atomic mass is 16.1. The smallest absolute Gasteiger partial charge is 0.223 e. The van der Waals surface area contributed by atoms with Crippen molar-refractivity contribution in [2.75, 3.05) is 6.54 Å². The lowest BCUT2D eigenvalue weighted by atomic mass is 9.82. The third kappa shape index (κ3) is 4.06. The van der Waals surface area contributed by atoms with Gasteiger partial charge in [-0.2, -0.15) is 0 Å². The highest BCUT2D eigenvalue weighted by Crippen LogP contribution is 2.28. The van der Waals surface area contributed by atoms with E-state index in [0.29, 0.717) is 12.5 Å². The van der Waals surface area contributed by atoms with Crippen molar-refractivity contribution < 1.29 is 4.79 Å². The minimum atomic E-state index is -0.119. The van der Waals surface area contributed by atoms with Crippen LogP contribution in [0.1, 0.15) is 44.2 Å². The zero-order valence-corrected chi connectivity index (χ0v) is 11.6. The van der Waals surface area contributed by atoms with Crippen LogP contribution in [-0.2, 0) is 4.79 Å². The molecule has 0 bridgehead atoms. The van der Waals surface area contributed by atoms with Gasteiger partial charge in [-0.1, -0.05) is 50.1 Å². The van der Waals surface area contributed by atoms with Crippen LogP contribution in [-0.4, -0.2) is 12.5 Å². The summed E-state index contributed by atoms with van der Waals surface area (Å²) in [4.78, 5) is 12.1. The molecule has 3 N–H and O–H groups in total. The SMILES string of the molecule is CC1CCCC(C(=O)NC[C@@H](N)c2ccccc2)C1. The van der Waals surface area contributed by atoms with E-state index in [-0.39, 0.29) is 17.9 Å². The van der Waals surface area contributed by atoms with Gasteiger partial charge in [0.1, 0.15) is 0 Å². The first-order valence-corrected chi connectivity index (χ1v) is 7.25. The first-order chi connectivity index (χ1) is 9.16. The molecule has 19 heavy (non-hydrogen) atoms. The molecule has 3 nitrogen and oxygen atoms in total. The molecule has 1 amide bonds. The number of hydrogen-bond donors (Lipinski definition) is 2. The van der Waals surface area contributed by atoms with Crippen LogP contribution in [0.4, 0.5) is 0 Å². The zero-order valence-electron chi connectivity index (χ0n) is 11.6. The monoisotopic (exact) mass is 260 g/mol. The van der Waals surface area contributed by atoms with Crippen LogP contribution in [0, 0.1) is 11.8 Å². The summed E-state index contributed by atoms with van der Waals surface area (Å²) >= 11 is 0. The molecule has 0 spiro atoms. The molecule has 2 rings (SSSR count). The van der Waals surface area contributed by atoms with E-state index in [0.717, 1.165) is 18.4 Å². The van der Waals surface area contributed by atoms with Gasteiger partial charge in [0.05, 0.1) is 0 Å². The first-order valence-electron chi connectivity index (χ1n) is 7.25. The maximum Gasteiger partial charge on any atom is 0.223 e. The Hall–Kier alpha value is -1.35. The molecule has 2 unspecified atom stereocenters. The van der Waals surface area contributed by atoms with Crippen LogP contribution in [0.5, 0.6) is 0 Å². The van der Waals surface area contributed by atoms with E-state index in [1.165, 1.54) is 12.8 Å². The Morgan fingerprint density at radius 3 is 2.79 bits per heavy atom. The summed E-state index contributed by atoms with van der Waals surface area (Å²) in [5.41, 5.74) is 7.15. The molecule has 1 aromatic rings. The topological polar surface area (TPSA) is 55.1 Å². The van der Waals surface area contributed by atoms with Gasteiger partial charge in [0.25, 0.3) is 0 Å². The van der Waals surface area contributed by atoms with Gasteiger partial charge in [0.2, 0.25) is 5.91 Å². The predicted octanol–water partition coefficient (Wildman–Crippen LogP) is 2.63. The number of carbonyl (C=O) groups excluding carboxylic acids is 1. The lowest BCUT2D eigenvalue weighted by Crippen LogP contribution is -2.37. The molecule has 1 fully saturated rings. The molecule has 1 aliphatic rings. The van der Waals surface area contributed by atoms with Gasteiger partial charge in [-0.25, -0.2) is 0 Å². The number of nitrogens with one attached hydrogen (secondary N) is 1. The maximum atomic E-state index is 12.1. The predicted molar refractivity (Wildman–Crippen MR) is 77.5 cm³/mol. The second-order valence-corrected chi connectivity index (χ2v) is 5.73. The number of benzene rings is 1. The van der Waals surface area contributed by atoms with Crippen LogP contribution < -0.4 is 11.1 Å². The Kier molecular flexibility index (Phi) is 4.97. The Balaban J connectivity index is 1.80. The summed E-state index contributed by atoms with van der Waals surface area (Å²) in [5, 5.41) is 3.01. The summed E-state index contributed by atoms with van der Waals surface area (Å²) in [6.07, 6.45) is 4.47. The molecule has 0 heterocycles. The maximum absolute atomic E-state index is 12.1. The van der Waals surface area contributed by atoms with Crippen molar-refractivity contribution in [1.82, 2.24) is 5.32 Å². The van der Waals surface area contributed by atoms with E-state index in [1.807, 2.05) is 30.3 Å². The van der Waals surface area contributed by atoms with Crippen molar-refractivity contribution in [3.63, 3.8) is 0 Å². The molecule has 0 saturated heterocycles. The molecular formula is C16H24N2O. The average molecular weight is 260 g/mol. The van der Waals surface area contributed by atoms with Crippen molar-refractivity contribution >= 4 is 5.91 Å². The van der Waals surface area contributed by atoms with Gasteiger partial charge in [-0.3, -0.25) is 4.79 Å². The van der Waals surface area contributed by atoms with Crippen molar-refractivity contribution in [3.05, 3.63) is 35.9 Å². The van der Waals surface area contributed by atoms with E-state index in [2.05, 4.69) is 12.2 Å². The molecular weight excluding hydrogens is 236 g/mol. The van der Waals surface area contributed by atoms with Crippen LogP contribution in [0.2, 0.25) is 0 Å². The van der Waals surface area contributed by atoms with E-state index in [1.54, 1.807) is 0 Å². The van der Waals surface area contributed by atoms with Gasteiger partial charge < -0.3 is 11.1 Å². The summed E-state index contributed by atoms with van der Waals surface area (Å²) in [5.74, 6) is 1.04. The van der Waals surface area contributed by atoms with Gasteiger partial charge in [0, 0.05) is 18.5 Å². The Bertz CT molecular complexity index is 404. The number of nitrogens with two attached hydrogens (primary N) is 1. The van der Waals surface area contributed by atoms with E-state index < -0.39 is 0 Å². The quantitative estimate of drug-likeness (QED) is 0.874. The van der Waals surface area contributed by atoms with Crippen molar-refractivity contribution in [2.45, 2.75) is 38.6 Å². The molecule has 0 aromatic heterocycles. The summed E-state index contributed by atoms with van der Waals surface area (Å²) in [7, 11) is 0. The molecule has 1 aliphatic carbocycles. The molecule has 3 atom stereocenters. The third-order valence-corrected chi connectivity index (χ3v) is 4.03. The zero-order chi connectivity index (χ0) is 13.7. The molecule has 0 aliphatic heterocycles. The minimum absolute atomic E-state index is 0.119. The highest BCUT2D eigenvalue weighted by Gasteiger charge is 2.25. The van der Waals surface area contributed by atoms with Gasteiger partial charge in [0.15, 0.2) is 0 Å². The molecule has 1 aromatic carbocycles. The normalized spacial score (nSPS) is 24.7. The second kappa shape index (κ2) is 6.71. The van der Waals surface area contributed by atoms with Crippen LogP contribution in [0.3, 0.4) is 0 Å². The summed E-state index contributed by atoms with van der Waals surface area (Å²) in [6, 6.07) is 9.79. The highest BCUT2D eigenvalue weighted by molar-refractivity contribution is 5.78. The van der Waals surface area contributed by atoms with Gasteiger partial charge in [-0.05, 0) is 24.3 Å². The standard InChI is InChI=1S/C16H24N2O/c1-12-6-5-9-14(10-12)16(19)18-11-15(17)13-7-3-2-4-8-13/h2-4,7-8,12,14-15H,5-6,9-11,17H2,1H3,(H,18,19)/t12?,14?,15-/m1/s1. The first kappa shape index (κ1) is 14.1. The van der Waals surface area contributed by atoms with Gasteiger partial charge in [-0.15, -0.1) is 0 Å². The van der Waals surface area contributed by atoms with Gasteiger partial charge >= 0.3 is 0 Å². The lowest BCUT2D eigenvalue weighted by Gasteiger charge is -2.26. The average Bonchev–Trinajstić information content (AvgIpc) is 2.45. The second-order valence-electron chi connectivity index (χ2n) is 5.73. The van der Waals surface area contributed by atoms with Crippen LogP contribution in [0.15, 0.2) is 30.3 Å². The van der Waals surface area contributed by atoms with E-state index in [9.17, 15) is 4.79 Å². The Morgan fingerprint density at radius 2 is 2.11 bits per heavy atom. The number of carbonyl (C=O) groups is 1. The number of hydrogen-bond acceptors (Lipinski definition) is 2. The largest absolute Gasteiger partial charge is 0.354 e. The van der Waals surface area contributed by atoms with Crippen molar-refractivity contribution in [1.29, 1.82) is 0 Å². The lowest BCUT2D eigenvalue weighted by molar-refractivity contribution is -0.126. The Morgan fingerprint density at radius 1 is 1.37 bits per heavy atom. The van der Waals surface area contributed by atoms with Crippen LogP contribution in [0.25, 0.3) is 0 Å². The number of amides is 1. The minimum Gasteiger partial charge on any atom is -0.354 e. The Labute approximate surface area is 115 Å². The fourth-order valence-corrected chi connectivity index (χ4v) is 2.85. The van der Waals surface area contributed by atoms with Crippen LogP contribution >= 0.6 is 0 Å². The third-order valence-electron chi connectivity index (χ3n) is 4.03. The summed E-state index contributed by atoms with van der Waals surface area (Å²) in [6.45, 7) is 2.75. The fraction of sp³-hybridized carbons (Fsp3) is 0.562. The molecule has 0 radical (unpaired) electrons. The van der Waals surface area contributed by atoms with Crippen molar-refractivity contribution in [2.24, 2.45) is 17.6 Å².